The lowest BCUT2D eigenvalue weighted by Crippen LogP contribution is -2.36. The van der Waals surface area contributed by atoms with Gasteiger partial charge in [0.05, 0.1) is 6.54 Å². The van der Waals surface area contributed by atoms with Crippen LogP contribution >= 0.6 is 0 Å². The van der Waals surface area contributed by atoms with Crippen molar-refractivity contribution in [2.45, 2.75) is 20.8 Å². The van der Waals surface area contributed by atoms with Gasteiger partial charge < -0.3 is 19.8 Å². The molecule has 0 unspecified atom stereocenters. The van der Waals surface area contributed by atoms with Gasteiger partial charge in [-0.3, -0.25) is 9.59 Å². The third-order valence-electron chi connectivity index (χ3n) is 4.22. The van der Waals surface area contributed by atoms with Gasteiger partial charge in [-0.1, -0.05) is 17.7 Å². The molecule has 0 radical (unpaired) electrons. The van der Waals surface area contributed by atoms with Gasteiger partial charge in [-0.05, 0) is 56.2 Å². The molecule has 0 atom stereocenters. The molecular formula is C21H22N4O4. The normalized spacial score (nSPS) is 10.4. The van der Waals surface area contributed by atoms with Gasteiger partial charge in [-0.15, -0.1) is 10.2 Å². The number of hydrogen-bond acceptors (Lipinski definition) is 6. The van der Waals surface area contributed by atoms with Crippen LogP contribution in [0.25, 0.3) is 11.5 Å². The van der Waals surface area contributed by atoms with Crippen molar-refractivity contribution in [2.24, 2.45) is 0 Å². The third kappa shape index (κ3) is 5.41. The van der Waals surface area contributed by atoms with E-state index in [4.69, 9.17) is 9.15 Å². The van der Waals surface area contributed by atoms with Crippen molar-refractivity contribution < 1.29 is 18.7 Å². The molecule has 0 saturated carbocycles. The summed E-state index contributed by atoms with van der Waals surface area (Å²) in [6.45, 7) is 5.54. The largest absolute Gasteiger partial charge is 0.484 e. The first kappa shape index (κ1) is 20.1. The summed E-state index contributed by atoms with van der Waals surface area (Å²) in [6, 6.07) is 10.9. The lowest BCUT2D eigenvalue weighted by molar-refractivity contribution is -0.125. The van der Waals surface area contributed by atoms with E-state index in [-0.39, 0.29) is 19.1 Å². The minimum absolute atomic E-state index is 0.134. The first-order valence-corrected chi connectivity index (χ1v) is 9.06. The number of amides is 2. The number of benzene rings is 2. The van der Waals surface area contributed by atoms with Gasteiger partial charge in [-0.25, -0.2) is 0 Å². The molecule has 3 aromatic rings. The smallest absolute Gasteiger partial charge is 0.258 e. The number of nitrogens with zero attached hydrogens (tertiary/aromatic N) is 2. The highest BCUT2D eigenvalue weighted by atomic mass is 16.5. The van der Waals surface area contributed by atoms with E-state index in [1.807, 2.05) is 32.9 Å². The van der Waals surface area contributed by atoms with E-state index in [0.717, 1.165) is 27.9 Å². The molecule has 0 spiro atoms. The first-order valence-electron chi connectivity index (χ1n) is 9.06. The van der Waals surface area contributed by atoms with Crippen LogP contribution in [0, 0.1) is 20.8 Å². The fourth-order valence-corrected chi connectivity index (χ4v) is 2.93. The van der Waals surface area contributed by atoms with Gasteiger partial charge in [0.1, 0.15) is 5.75 Å². The molecule has 0 aliphatic rings. The first-order chi connectivity index (χ1) is 13.9. The highest BCUT2D eigenvalue weighted by Gasteiger charge is 2.10. The van der Waals surface area contributed by atoms with E-state index in [1.165, 1.54) is 6.39 Å². The lowest BCUT2D eigenvalue weighted by atomic mass is 10.1. The Bertz CT molecular complexity index is 975. The Balaban J connectivity index is 1.44. The maximum absolute atomic E-state index is 12.1. The Morgan fingerprint density at radius 2 is 1.72 bits per heavy atom. The molecule has 2 N–H and O–H groups in total. The number of carbonyl (C=O) groups excluding carboxylic acids is 2. The molecule has 2 amide bonds. The van der Waals surface area contributed by atoms with Crippen molar-refractivity contribution in [3.05, 3.63) is 59.5 Å². The highest BCUT2D eigenvalue weighted by molar-refractivity contribution is 5.95. The van der Waals surface area contributed by atoms with Crippen LogP contribution in [0.4, 0.5) is 5.69 Å². The maximum Gasteiger partial charge on any atom is 0.258 e. The van der Waals surface area contributed by atoms with Crippen molar-refractivity contribution in [3.8, 4) is 17.2 Å². The summed E-state index contributed by atoms with van der Waals surface area (Å²) in [5.74, 6) is 0.230. The van der Waals surface area contributed by atoms with Crippen LogP contribution in [0.3, 0.4) is 0 Å². The van der Waals surface area contributed by atoms with E-state index in [1.54, 1.807) is 24.3 Å². The molecule has 150 valence electrons. The fraction of sp³-hybridized carbons (Fsp3) is 0.238. The average Bonchev–Trinajstić information content (AvgIpc) is 3.23. The minimum Gasteiger partial charge on any atom is -0.484 e. The van der Waals surface area contributed by atoms with Gasteiger partial charge in [0.2, 0.25) is 18.2 Å². The molecule has 3 rings (SSSR count). The number of nitrogens with one attached hydrogen (secondary N) is 2. The number of hydrogen-bond donors (Lipinski definition) is 2. The molecular weight excluding hydrogens is 372 g/mol. The average molecular weight is 394 g/mol. The van der Waals surface area contributed by atoms with Crippen LogP contribution in [0.5, 0.6) is 5.75 Å². The summed E-state index contributed by atoms with van der Waals surface area (Å²) in [7, 11) is 0. The highest BCUT2D eigenvalue weighted by Crippen LogP contribution is 2.22. The topological polar surface area (TPSA) is 106 Å². The van der Waals surface area contributed by atoms with Crippen molar-refractivity contribution in [3.63, 3.8) is 0 Å². The van der Waals surface area contributed by atoms with Gasteiger partial charge in [0.15, 0.2) is 6.61 Å². The zero-order valence-corrected chi connectivity index (χ0v) is 16.5. The van der Waals surface area contributed by atoms with Crippen LogP contribution in [0.15, 0.2) is 47.2 Å². The summed E-state index contributed by atoms with van der Waals surface area (Å²) >= 11 is 0. The minimum atomic E-state index is -0.390. The van der Waals surface area contributed by atoms with Gasteiger partial charge >= 0.3 is 0 Å². The third-order valence-corrected chi connectivity index (χ3v) is 4.22. The van der Waals surface area contributed by atoms with E-state index >= 15 is 0 Å². The summed E-state index contributed by atoms with van der Waals surface area (Å²) in [6.07, 6.45) is 1.25. The second kappa shape index (κ2) is 9.01. The Morgan fingerprint density at radius 3 is 2.34 bits per heavy atom. The van der Waals surface area contributed by atoms with Crippen LogP contribution < -0.4 is 15.4 Å². The van der Waals surface area contributed by atoms with Crippen LogP contribution in [0.1, 0.15) is 16.7 Å². The second-order valence-corrected chi connectivity index (χ2v) is 6.66. The van der Waals surface area contributed by atoms with Crippen LogP contribution in [0.2, 0.25) is 0 Å². The van der Waals surface area contributed by atoms with Crippen molar-refractivity contribution >= 4 is 17.5 Å². The molecule has 0 fully saturated rings. The lowest BCUT2D eigenvalue weighted by Gasteiger charge is -2.13. The summed E-state index contributed by atoms with van der Waals surface area (Å²) < 4.78 is 10.5. The Morgan fingerprint density at radius 1 is 1.03 bits per heavy atom. The predicted molar refractivity (Wildman–Crippen MR) is 108 cm³/mol. The Kier molecular flexibility index (Phi) is 6.23. The zero-order valence-electron chi connectivity index (χ0n) is 16.5. The van der Waals surface area contributed by atoms with E-state index in [0.29, 0.717) is 11.6 Å². The zero-order chi connectivity index (χ0) is 20.8. The van der Waals surface area contributed by atoms with E-state index in [2.05, 4.69) is 20.8 Å². The monoisotopic (exact) mass is 394 g/mol. The molecule has 1 aromatic heterocycles. The molecule has 2 aromatic carbocycles. The van der Waals surface area contributed by atoms with Crippen molar-refractivity contribution in [2.75, 3.05) is 18.5 Å². The van der Waals surface area contributed by atoms with Gasteiger partial charge in [-0.2, -0.15) is 0 Å². The summed E-state index contributed by atoms with van der Waals surface area (Å²) in [5, 5.41) is 12.8. The summed E-state index contributed by atoms with van der Waals surface area (Å²) in [4.78, 5) is 24.1. The molecule has 0 bridgehead atoms. The van der Waals surface area contributed by atoms with Crippen molar-refractivity contribution in [1.82, 2.24) is 15.5 Å². The molecule has 0 saturated heterocycles. The standard InChI is InChI=1S/C21H22N4O4/c1-13-8-14(2)20(15(3)9-13)24-18(26)10-22-19(27)11-28-17-6-4-16(5-7-17)21-25-23-12-29-21/h4-9,12H,10-11H2,1-3H3,(H,22,27)(H,24,26). The number of anilines is 1. The number of carbonyl (C=O) groups is 2. The number of rotatable bonds is 7. The Hall–Kier alpha value is -3.68. The second-order valence-electron chi connectivity index (χ2n) is 6.66. The van der Waals surface area contributed by atoms with Gasteiger partial charge in [0, 0.05) is 11.3 Å². The molecule has 29 heavy (non-hydrogen) atoms. The van der Waals surface area contributed by atoms with Crippen molar-refractivity contribution in [1.29, 1.82) is 0 Å². The maximum atomic E-state index is 12.1. The molecule has 8 heteroatoms. The number of aromatic nitrogens is 2. The van der Waals surface area contributed by atoms with E-state index < -0.39 is 5.91 Å². The predicted octanol–water partition coefficient (Wildman–Crippen LogP) is 2.80. The summed E-state index contributed by atoms with van der Waals surface area (Å²) in [5.41, 5.74) is 4.61. The fourth-order valence-electron chi connectivity index (χ4n) is 2.93. The quantitative estimate of drug-likeness (QED) is 0.638. The van der Waals surface area contributed by atoms with Crippen LogP contribution in [-0.2, 0) is 9.59 Å². The molecule has 8 nitrogen and oxygen atoms in total. The number of ether oxygens (including phenoxy) is 1. The molecule has 0 aliphatic carbocycles. The SMILES string of the molecule is Cc1cc(C)c(NC(=O)CNC(=O)COc2ccc(-c3nnco3)cc2)c(C)c1. The Labute approximate surface area is 168 Å². The molecule has 0 aliphatic heterocycles. The van der Waals surface area contributed by atoms with Crippen LogP contribution in [-0.4, -0.2) is 35.2 Å². The van der Waals surface area contributed by atoms with Gasteiger partial charge in [0.25, 0.3) is 5.91 Å². The van der Waals surface area contributed by atoms with E-state index in [9.17, 15) is 9.59 Å². The molecule has 1 heterocycles. The number of aryl methyl sites for hydroxylation is 3.